The Hall–Kier alpha value is -2.94. The van der Waals surface area contributed by atoms with Crippen LogP contribution >= 0.6 is 0 Å². The highest BCUT2D eigenvalue weighted by Gasteiger charge is 2.29. The molecular weight excluding hydrogens is 469 g/mol. The van der Waals surface area contributed by atoms with Crippen molar-refractivity contribution >= 4 is 27.5 Å². The lowest BCUT2D eigenvalue weighted by Crippen LogP contribution is -2.50. The Morgan fingerprint density at radius 2 is 1.69 bits per heavy atom. The van der Waals surface area contributed by atoms with Crippen molar-refractivity contribution in [2.75, 3.05) is 17.1 Å². The molecule has 9 heteroatoms. The van der Waals surface area contributed by atoms with Gasteiger partial charge in [-0.1, -0.05) is 31.2 Å². The first-order chi connectivity index (χ1) is 16.4. The number of nitrogens with one attached hydrogen (secondary N) is 1. The van der Waals surface area contributed by atoms with E-state index in [4.69, 9.17) is 0 Å². The lowest BCUT2D eigenvalue weighted by molar-refractivity contribution is -0.141. The monoisotopic (exact) mass is 505 g/mol. The third kappa shape index (κ3) is 8.35. The van der Waals surface area contributed by atoms with Crippen molar-refractivity contribution in [3.8, 4) is 0 Å². The van der Waals surface area contributed by atoms with E-state index >= 15 is 0 Å². The average Bonchev–Trinajstić information content (AvgIpc) is 2.77. The van der Waals surface area contributed by atoms with Gasteiger partial charge >= 0.3 is 0 Å². The second-order valence-corrected chi connectivity index (χ2v) is 10.9. The Labute approximate surface area is 208 Å². The van der Waals surface area contributed by atoms with Crippen molar-refractivity contribution in [3.05, 3.63) is 65.5 Å². The summed E-state index contributed by atoms with van der Waals surface area (Å²) in [6, 6.07) is 12.2. The van der Waals surface area contributed by atoms with Gasteiger partial charge in [-0.05, 0) is 69.0 Å². The molecule has 1 atom stereocenters. The fourth-order valence-electron chi connectivity index (χ4n) is 3.88. The van der Waals surface area contributed by atoms with Crippen molar-refractivity contribution in [1.29, 1.82) is 0 Å². The van der Waals surface area contributed by atoms with E-state index in [2.05, 4.69) is 5.32 Å². The Kier molecular flexibility index (Phi) is 10.2. The number of benzene rings is 2. The molecule has 0 aromatic heterocycles. The van der Waals surface area contributed by atoms with Crippen LogP contribution in [-0.2, 0) is 26.2 Å². The highest BCUT2D eigenvalue weighted by Crippen LogP contribution is 2.20. The fourth-order valence-corrected chi connectivity index (χ4v) is 4.85. The molecule has 0 spiro atoms. The molecule has 7 nitrogen and oxygen atoms in total. The zero-order valence-electron chi connectivity index (χ0n) is 21.1. The number of hydrogen-bond acceptors (Lipinski definition) is 4. The van der Waals surface area contributed by atoms with E-state index in [1.165, 1.54) is 24.3 Å². The van der Waals surface area contributed by atoms with Crippen LogP contribution in [0.2, 0.25) is 0 Å². The van der Waals surface area contributed by atoms with E-state index in [0.29, 0.717) is 12.1 Å². The molecule has 0 heterocycles. The summed E-state index contributed by atoms with van der Waals surface area (Å²) in [6.07, 6.45) is 1.83. The van der Waals surface area contributed by atoms with Crippen molar-refractivity contribution in [2.24, 2.45) is 0 Å². The van der Waals surface area contributed by atoms with Crippen molar-refractivity contribution in [2.45, 2.75) is 65.6 Å². The minimum atomic E-state index is -3.63. The topological polar surface area (TPSA) is 86.8 Å². The number of rotatable bonds is 12. The van der Waals surface area contributed by atoms with Crippen molar-refractivity contribution < 1.29 is 22.4 Å². The molecule has 0 radical (unpaired) electrons. The zero-order valence-corrected chi connectivity index (χ0v) is 21.9. The number of carbonyl (C=O) groups is 2. The fraction of sp³-hybridized carbons (Fsp3) is 0.462. The van der Waals surface area contributed by atoms with E-state index in [-0.39, 0.29) is 43.8 Å². The number of sulfonamides is 1. The maximum Gasteiger partial charge on any atom is 0.243 e. The molecule has 35 heavy (non-hydrogen) atoms. The molecule has 0 fully saturated rings. The van der Waals surface area contributed by atoms with Gasteiger partial charge < -0.3 is 10.2 Å². The SMILES string of the molecule is CC[C@H](C(=O)NC(C)C)N(Cc1ccccc1C)C(=O)CCCN(c1ccc(F)cc1)S(C)(=O)=O. The Balaban J connectivity index is 2.22. The van der Waals surface area contributed by atoms with E-state index < -0.39 is 21.9 Å². The maximum absolute atomic E-state index is 13.4. The van der Waals surface area contributed by atoms with E-state index in [1.807, 2.05) is 52.0 Å². The van der Waals surface area contributed by atoms with Gasteiger partial charge in [-0.2, -0.15) is 0 Å². The first-order valence-corrected chi connectivity index (χ1v) is 13.7. The van der Waals surface area contributed by atoms with E-state index in [0.717, 1.165) is 21.7 Å². The summed E-state index contributed by atoms with van der Waals surface area (Å²) >= 11 is 0. The molecule has 2 aromatic carbocycles. The van der Waals surface area contributed by atoms with Crippen LogP contribution in [0.15, 0.2) is 48.5 Å². The van der Waals surface area contributed by atoms with Crippen LogP contribution in [0.25, 0.3) is 0 Å². The molecule has 0 aliphatic heterocycles. The van der Waals surface area contributed by atoms with Crippen LogP contribution in [-0.4, -0.2) is 50.0 Å². The van der Waals surface area contributed by atoms with Crippen molar-refractivity contribution in [1.82, 2.24) is 10.2 Å². The third-order valence-corrected chi connectivity index (χ3v) is 6.88. The van der Waals surface area contributed by atoms with Crippen LogP contribution < -0.4 is 9.62 Å². The van der Waals surface area contributed by atoms with E-state index in [9.17, 15) is 22.4 Å². The Morgan fingerprint density at radius 3 is 2.23 bits per heavy atom. The third-order valence-electron chi connectivity index (χ3n) is 5.69. The zero-order chi connectivity index (χ0) is 26.2. The summed E-state index contributed by atoms with van der Waals surface area (Å²) in [7, 11) is -3.63. The summed E-state index contributed by atoms with van der Waals surface area (Å²) < 4.78 is 39.1. The van der Waals surface area contributed by atoms with Crippen LogP contribution in [0.1, 0.15) is 51.2 Å². The second kappa shape index (κ2) is 12.7. The van der Waals surface area contributed by atoms with Gasteiger partial charge in [-0.15, -0.1) is 0 Å². The summed E-state index contributed by atoms with van der Waals surface area (Å²) in [6.45, 7) is 7.90. The molecule has 0 aliphatic carbocycles. The van der Waals surface area contributed by atoms with Crippen molar-refractivity contribution in [3.63, 3.8) is 0 Å². The Bertz CT molecular complexity index is 1100. The first-order valence-electron chi connectivity index (χ1n) is 11.8. The number of nitrogens with zero attached hydrogens (tertiary/aromatic N) is 2. The standard InChI is InChI=1S/C26H36FN3O4S/c1-6-24(26(32)28-19(2)3)29(18-21-11-8-7-10-20(21)4)25(31)12-9-17-30(35(5,33)34)23-15-13-22(27)14-16-23/h7-8,10-11,13-16,19,24H,6,9,12,17-18H2,1-5H3,(H,28,32)/t24-/m1/s1. The number of carbonyl (C=O) groups excluding carboxylic acids is 2. The lowest BCUT2D eigenvalue weighted by Gasteiger charge is -2.32. The highest BCUT2D eigenvalue weighted by molar-refractivity contribution is 7.92. The predicted molar refractivity (Wildman–Crippen MR) is 137 cm³/mol. The summed E-state index contributed by atoms with van der Waals surface area (Å²) in [5.74, 6) is -0.908. The van der Waals surface area contributed by atoms with Gasteiger partial charge in [-0.25, -0.2) is 12.8 Å². The molecule has 0 saturated heterocycles. The lowest BCUT2D eigenvalue weighted by atomic mass is 10.0. The van der Waals surface area contributed by atoms with Crippen LogP contribution in [0.3, 0.4) is 0 Å². The van der Waals surface area contributed by atoms with Crippen LogP contribution in [0.4, 0.5) is 10.1 Å². The predicted octanol–water partition coefficient (Wildman–Crippen LogP) is 4.01. The second-order valence-electron chi connectivity index (χ2n) is 8.95. The number of halogens is 1. The van der Waals surface area contributed by atoms with E-state index in [1.54, 1.807) is 4.90 Å². The molecule has 0 unspecified atom stereocenters. The minimum Gasteiger partial charge on any atom is -0.352 e. The van der Waals surface area contributed by atoms with Gasteiger partial charge in [0.25, 0.3) is 0 Å². The van der Waals surface area contributed by atoms with Gasteiger partial charge in [0.15, 0.2) is 0 Å². The molecule has 2 amide bonds. The van der Waals surface area contributed by atoms with Gasteiger partial charge in [0.1, 0.15) is 11.9 Å². The number of hydrogen-bond donors (Lipinski definition) is 1. The molecule has 0 saturated carbocycles. The van der Waals surface area contributed by atoms with Gasteiger partial charge in [-0.3, -0.25) is 13.9 Å². The average molecular weight is 506 g/mol. The minimum absolute atomic E-state index is 0.0589. The Morgan fingerprint density at radius 1 is 1.06 bits per heavy atom. The molecular formula is C26H36FN3O4S. The summed E-state index contributed by atoms with van der Waals surface area (Å²) in [5.41, 5.74) is 2.30. The normalized spacial score (nSPS) is 12.3. The summed E-state index contributed by atoms with van der Waals surface area (Å²) in [5, 5.41) is 2.90. The maximum atomic E-state index is 13.4. The largest absolute Gasteiger partial charge is 0.352 e. The molecule has 2 aromatic rings. The first kappa shape index (κ1) is 28.3. The van der Waals surface area contributed by atoms with Crippen LogP contribution in [0.5, 0.6) is 0 Å². The quantitative estimate of drug-likeness (QED) is 0.472. The van der Waals surface area contributed by atoms with Gasteiger partial charge in [0.2, 0.25) is 21.8 Å². The molecule has 0 bridgehead atoms. The molecule has 0 aliphatic rings. The number of amides is 2. The number of anilines is 1. The van der Waals surface area contributed by atoms with Gasteiger partial charge in [0, 0.05) is 25.6 Å². The number of aryl methyl sites for hydroxylation is 1. The molecule has 2 rings (SSSR count). The summed E-state index contributed by atoms with van der Waals surface area (Å²) in [4.78, 5) is 27.9. The van der Waals surface area contributed by atoms with Gasteiger partial charge in [0.05, 0.1) is 11.9 Å². The highest BCUT2D eigenvalue weighted by atomic mass is 32.2. The smallest absolute Gasteiger partial charge is 0.243 e. The molecule has 1 N–H and O–H groups in total. The van der Waals surface area contributed by atoms with Crippen LogP contribution in [0, 0.1) is 12.7 Å². The molecule has 192 valence electrons.